The number of hydrogen-bond acceptors (Lipinski definition) is 7. The van der Waals surface area contributed by atoms with E-state index < -0.39 is 11.1 Å². The maximum Gasteiger partial charge on any atom is 0.163 e. The van der Waals surface area contributed by atoms with Crippen molar-refractivity contribution in [3.8, 4) is 28.5 Å². The number of nitrogens with zero attached hydrogens (tertiary/aromatic N) is 1. The van der Waals surface area contributed by atoms with Gasteiger partial charge in [0.15, 0.2) is 23.0 Å². The normalized spacial score (nSPS) is 18.1. The summed E-state index contributed by atoms with van der Waals surface area (Å²) in [5.74, 6) is 1.09. The van der Waals surface area contributed by atoms with E-state index in [1.807, 2.05) is 13.8 Å². The first-order valence-electron chi connectivity index (χ1n) is 12.3. The number of ketones is 1. The Morgan fingerprint density at radius 2 is 2.00 bits per heavy atom. The largest absolute Gasteiger partial charge is 0.493 e. The fourth-order valence-electron chi connectivity index (χ4n) is 4.41. The number of aryl methyl sites for hydroxylation is 1. The van der Waals surface area contributed by atoms with Crippen LogP contribution >= 0.6 is 0 Å². The molecule has 0 amide bonds. The maximum absolute atomic E-state index is 13.9. The molecule has 0 saturated carbocycles. The van der Waals surface area contributed by atoms with Crippen LogP contribution in [-0.4, -0.2) is 36.2 Å². The number of ether oxygens (including phenoxy) is 3. The lowest BCUT2D eigenvalue weighted by molar-refractivity contribution is 0.0396. The third-order valence-corrected chi connectivity index (χ3v) is 6.71. The van der Waals surface area contributed by atoms with Crippen LogP contribution in [0.25, 0.3) is 11.3 Å². The zero-order valence-corrected chi connectivity index (χ0v) is 21.9. The van der Waals surface area contributed by atoms with Crippen LogP contribution in [0.4, 0.5) is 4.39 Å². The predicted molar refractivity (Wildman–Crippen MR) is 139 cm³/mol. The third-order valence-electron chi connectivity index (χ3n) is 6.71. The number of halogens is 1. The third kappa shape index (κ3) is 5.31. The second kappa shape index (κ2) is 10.1. The molecule has 0 saturated heterocycles. The van der Waals surface area contributed by atoms with Gasteiger partial charge in [-0.15, -0.1) is 0 Å². The van der Waals surface area contributed by atoms with Crippen LogP contribution < -0.4 is 19.9 Å². The van der Waals surface area contributed by atoms with Crippen molar-refractivity contribution in [3.05, 3.63) is 70.7 Å². The summed E-state index contributed by atoms with van der Waals surface area (Å²) in [6.07, 6.45) is 0.196. The van der Waals surface area contributed by atoms with Crippen molar-refractivity contribution in [2.75, 3.05) is 20.3 Å². The summed E-state index contributed by atoms with van der Waals surface area (Å²) in [6.45, 7) is 7.74. The van der Waals surface area contributed by atoms with Gasteiger partial charge < -0.3 is 25.1 Å². The molecule has 2 aromatic carbocycles. The van der Waals surface area contributed by atoms with Crippen LogP contribution in [0.5, 0.6) is 17.2 Å². The first-order valence-corrected chi connectivity index (χ1v) is 12.3. The smallest absolute Gasteiger partial charge is 0.163 e. The highest BCUT2D eigenvalue weighted by Gasteiger charge is 2.38. The zero-order valence-electron chi connectivity index (χ0n) is 21.9. The Kier molecular flexibility index (Phi) is 7.26. The summed E-state index contributed by atoms with van der Waals surface area (Å²) in [5, 5.41) is 11.5. The summed E-state index contributed by atoms with van der Waals surface area (Å²) < 4.78 is 30.7. The second-order valence-electron chi connectivity index (χ2n) is 9.90. The molecular weight excluding hydrogens is 475 g/mol. The summed E-state index contributed by atoms with van der Waals surface area (Å²) in [4.78, 5) is 17.7. The molecule has 0 bridgehead atoms. The highest BCUT2D eigenvalue weighted by Crippen LogP contribution is 2.44. The molecule has 2 heterocycles. The fraction of sp³-hybridized carbons (Fsp3) is 0.379. The van der Waals surface area contributed by atoms with Gasteiger partial charge in [-0.3, -0.25) is 4.79 Å². The van der Waals surface area contributed by atoms with E-state index in [0.29, 0.717) is 57.5 Å². The summed E-state index contributed by atoms with van der Waals surface area (Å²) in [6, 6.07) is 11.5. The van der Waals surface area contributed by atoms with Crippen molar-refractivity contribution in [1.82, 2.24) is 4.98 Å². The van der Waals surface area contributed by atoms with Crippen molar-refractivity contribution in [3.63, 3.8) is 0 Å². The number of fused-ring (bicyclic) bond motifs is 1. The Balaban J connectivity index is 1.64. The zero-order chi connectivity index (χ0) is 27.0. The molecule has 1 aliphatic heterocycles. The Labute approximate surface area is 216 Å². The number of Topliss-reactive ketones (excluding diaryl/α,β-unsaturated/α-hetero) is 1. The highest BCUT2D eigenvalue weighted by molar-refractivity contribution is 5.96. The number of aromatic nitrogens is 1. The van der Waals surface area contributed by atoms with Gasteiger partial charge in [-0.25, -0.2) is 9.37 Å². The molecule has 0 unspecified atom stereocenters. The van der Waals surface area contributed by atoms with Crippen LogP contribution in [0.2, 0.25) is 0 Å². The standard InChI is InChI=1S/C29H33FN2O5/c1-6-36-23-10-8-18(14-24(23)35-5)22(33)11-12-29(4,34)25-15-20-27(37-16-28(20,3)31)26(32-25)19-7-9-21(30)17(2)13-19/h7-10,13-15,34H,6,11-12,16,31H2,1-5H3/t28-,29-/m1/s1. The van der Waals surface area contributed by atoms with Crippen LogP contribution in [0, 0.1) is 12.7 Å². The van der Waals surface area contributed by atoms with Gasteiger partial charge in [-0.1, -0.05) is 0 Å². The van der Waals surface area contributed by atoms with E-state index in [0.717, 1.165) is 0 Å². The van der Waals surface area contributed by atoms with E-state index in [4.69, 9.17) is 24.9 Å². The second-order valence-corrected chi connectivity index (χ2v) is 9.90. The molecule has 1 aliphatic rings. The minimum atomic E-state index is -1.44. The van der Waals surface area contributed by atoms with Gasteiger partial charge in [0.1, 0.15) is 23.7 Å². The highest BCUT2D eigenvalue weighted by atomic mass is 19.1. The fourth-order valence-corrected chi connectivity index (χ4v) is 4.41. The average Bonchev–Trinajstić information content (AvgIpc) is 3.18. The lowest BCUT2D eigenvalue weighted by atomic mass is 9.88. The predicted octanol–water partition coefficient (Wildman–Crippen LogP) is 5.04. The number of benzene rings is 2. The Morgan fingerprint density at radius 3 is 2.68 bits per heavy atom. The molecule has 0 radical (unpaired) electrons. The number of hydrogen-bond donors (Lipinski definition) is 2. The van der Waals surface area contributed by atoms with Crippen molar-refractivity contribution >= 4 is 5.78 Å². The molecule has 1 aromatic heterocycles. The first kappa shape index (κ1) is 26.6. The van der Waals surface area contributed by atoms with E-state index >= 15 is 0 Å². The van der Waals surface area contributed by atoms with Crippen LogP contribution in [0.15, 0.2) is 42.5 Å². The SMILES string of the molecule is CCOc1ccc(C(=O)CC[C@@](C)(O)c2cc3c(c(-c4ccc(F)c(C)c4)n2)OC[C@@]3(C)N)cc1OC. The molecule has 3 N–H and O–H groups in total. The van der Waals surface area contributed by atoms with Gasteiger partial charge in [-0.05, 0) is 82.1 Å². The molecule has 2 atom stereocenters. The molecule has 4 rings (SSSR count). The topological polar surface area (TPSA) is 104 Å². The monoisotopic (exact) mass is 508 g/mol. The van der Waals surface area contributed by atoms with E-state index in [2.05, 4.69) is 0 Å². The minimum Gasteiger partial charge on any atom is -0.493 e. The number of nitrogens with two attached hydrogens (primary N) is 1. The molecule has 8 heteroatoms. The minimum absolute atomic E-state index is 0.0737. The molecule has 3 aromatic rings. The molecular formula is C29H33FN2O5. The van der Waals surface area contributed by atoms with Gasteiger partial charge in [0.25, 0.3) is 0 Å². The Morgan fingerprint density at radius 1 is 1.24 bits per heavy atom. The molecule has 0 aliphatic carbocycles. The first-order chi connectivity index (χ1) is 17.5. The number of methoxy groups -OCH3 is 1. The number of pyridine rings is 1. The molecule has 0 spiro atoms. The van der Waals surface area contributed by atoms with Crippen molar-refractivity contribution in [2.24, 2.45) is 5.73 Å². The maximum atomic E-state index is 13.9. The van der Waals surface area contributed by atoms with E-state index in [-0.39, 0.29) is 31.0 Å². The van der Waals surface area contributed by atoms with Gasteiger partial charge >= 0.3 is 0 Å². The lowest BCUT2D eigenvalue weighted by Gasteiger charge is -2.25. The number of aliphatic hydroxyl groups is 1. The van der Waals surface area contributed by atoms with Gasteiger partial charge in [0, 0.05) is 23.1 Å². The molecule has 37 heavy (non-hydrogen) atoms. The van der Waals surface area contributed by atoms with Gasteiger partial charge in [0.2, 0.25) is 0 Å². The van der Waals surface area contributed by atoms with Crippen molar-refractivity contribution < 1.29 is 28.5 Å². The summed E-state index contributed by atoms with van der Waals surface area (Å²) >= 11 is 0. The Bertz CT molecular complexity index is 1340. The van der Waals surface area contributed by atoms with E-state index in [9.17, 15) is 14.3 Å². The van der Waals surface area contributed by atoms with E-state index in [1.165, 1.54) is 13.2 Å². The summed E-state index contributed by atoms with van der Waals surface area (Å²) in [7, 11) is 1.52. The van der Waals surface area contributed by atoms with Crippen LogP contribution in [0.3, 0.4) is 0 Å². The molecule has 0 fully saturated rings. The molecule has 7 nitrogen and oxygen atoms in total. The van der Waals surface area contributed by atoms with E-state index in [1.54, 1.807) is 50.2 Å². The number of rotatable bonds is 9. The van der Waals surface area contributed by atoms with Crippen molar-refractivity contribution in [2.45, 2.75) is 51.7 Å². The average molecular weight is 509 g/mol. The molecule has 196 valence electrons. The summed E-state index contributed by atoms with van der Waals surface area (Å²) in [5.41, 5.74) is 7.39. The quantitative estimate of drug-likeness (QED) is 0.390. The Hall–Kier alpha value is -3.49. The van der Waals surface area contributed by atoms with Gasteiger partial charge in [-0.2, -0.15) is 0 Å². The number of carbonyl (C=O) groups is 1. The lowest BCUT2D eigenvalue weighted by Crippen LogP contribution is -2.35. The van der Waals surface area contributed by atoms with Gasteiger partial charge in [0.05, 0.1) is 24.9 Å². The van der Waals surface area contributed by atoms with Crippen LogP contribution in [-0.2, 0) is 11.1 Å². The van der Waals surface area contributed by atoms with Crippen LogP contribution in [0.1, 0.15) is 60.8 Å². The number of carbonyl (C=O) groups excluding carboxylic acids is 1. The van der Waals surface area contributed by atoms with Crippen molar-refractivity contribution in [1.29, 1.82) is 0 Å².